The monoisotopic (exact) mass is 313 g/mol. The zero-order chi connectivity index (χ0) is 14.4. The molecule has 0 atom stereocenters. The molecule has 21 heavy (non-hydrogen) atoms. The van der Waals surface area contributed by atoms with Crippen molar-refractivity contribution in [2.45, 2.75) is 44.4 Å². The van der Waals surface area contributed by atoms with Crippen molar-refractivity contribution in [1.29, 1.82) is 0 Å². The third-order valence-corrected chi connectivity index (χ3v) is 4.59. The van der Waals surface area contributed by atoms with Crippen molar-refractivity contribution in [2.75, 3.05) is 27.3 Å². The molecule has 0 heterocycles. The molecule has 1 aromatic rings. The Hall–Kier alpha value is -0.930. The fourth-order valence-electron chi connectivity index (χ4n) is 3.41. The van der Waals surface area contributed by atoms with Gasteiger partial charge < -0.3 is 14.8 Å². The Morgan fingerprint density at radius 3 is 2.33 bits per heavy atom. The number of hydrogen-bond donors (Lipinski definition) is 1. The predicted octanol–water partition coefficient (Wildman–Crippen LogP) is 3.94. The van der Waals surface area contributed by atoms with Crippen LogP contribution in [-0.2, 0) is 5.41 Å². The van der Waals surface area contributed by atoms with E-state index in [1.807, 2.05) is 6.07 Å². The summed E-state index contributed by atoms with van der Waals surface area (Å²) in [4.78, 5) is 0. The summed E-state index contributed by atoms with van der Waals surface area (Å²) in [5.74, 6) is 1.66. The molecule has 1 fully saturated rings. The smallest absolute Gasteiger partial charge is 0.161 e. The summed E-state index contributed by atoms with van der Waals surface area (Å²) < 4.78 is 10.8. The van der Waals surface area contributed by atoms with Crippen molar-refractivity contribution in [3.63, 3.8) is 0 Å². The van der Waals surface area contributed by atoms with Crippen molar-refractivity contribution in [3.05, 3.63) is 23.8 Å². The largest absolute Gasteiger partial charge is 0.493 e. The number of halogens is 1. The van der Waals surface area contributed by atoms with Gasteiger partial charge in [0, 0.05) is 0 Å². The minimum atomic E-state index is 0. The number of methoxy groups -OCH3 is 2. The van der Waals surface area contributed by atoms with Gasteiger partial charge in [0.25, 0.3) is 0 Å². The van der Waals surface area contributed by atoms with Gasteiger partial charge >= 0.3 is 0 Å². The summed E-state index contributed by atoms with van der Waals surface area (Å²) in [7, 11) is 3.40. The van der Waals surface area contributed by atoms with E-state index in [4.69, 9.17) is 9.47 Å². The Labute approximate surface area is 134 Å². The van der Waals surface area contributed by atoms with Crippen LogP contribution in [0.3, 0.4) is 0 Å². The maximum atomic E-state index is 5.47. The Balaban J connectivity index is 0.00000220. The summed E-state index contributed by atoms with van der Waals surface area (Å²) in [5.41, 5.74) is 1.73. The van der Waals surface area contributed by atoms with Crippen LogP contribution >= 0.6 is 12.4 Å². The zero-order valence-corrected chi connectivity index (χ0v) is 14.2. The van der Waals surface area contributed by atoms with E-state index in [2.05, 4.69) is 24.4 Å². The van der Waals surface area contributed by atoms with Gasteiger partial charge in [0.05, 0.1) is 14.2 Å². The lowest BCUT2D eigenvalue weighted by Gasteiger charge is -2.30. The highest BCUT2D eigenvalue weighted by molar-refractivity contribution is 5.85. The van der Waals surface area contributed by atoms with E-state index < -0.39 is 0 Å². The lowest BCUT2D eigenvalue weighted by Crippen LogP contribution is -2.28. The second-order valence-corrected chi connectivity index (χ2v) is 5.66. The third-order valence-electron chi connectivity index (χ3n) is 4.59. The van der Waals surface area contributed by atoms with Crippen LogP contribution < -0.4 is 14.8 Å². The molecule has 0 aromatic heterocycles. The molecule has 0 saturated heterocycles. The van der Waals surface area contributed by atoms with Gasteiger partial charge in [-0.2, -0.15) is 0 Å². The SMILES string of the molecule is CCNCCC1(c2ccc(OC)c(OC)c2)CCCC1.Cl. The molecule has 1 N–H and O–H groups in total. The number of rotatable bonds is 7. The van der Waals surface area contributed by atoms with Crippen LogP contribution in [0.1, 0.15) is 44.6 Å². The van der Waals surface area contributed by atoms with Gasteiger partial charge in [-0.25, -0.2) is 0 Å². The van der Waals surface area contributed by atoms with Gasteiger partial charge in [0.2, 0.25) is 0 Å². The van der Waals surface area contributed by atoms with Gasteiger partial charge in [-0.05, 0) is 55.5 Å². The minimum absolute atomic E-state index is 0. The van der Waals surface area contributed by atoms with Crippen molar-refractivity contribution in [1.82, 2.24) is 5.32 Å². The van der Waals surface area contributed by atoms with E-state index in [1.165, 1.54) is 37.7 Å². The van der Waals surface area contributed by atoms with Gasteiger partial charge in [-0.3, -0.25) is 0 Å². The number of nitrogens with one attached hydrogen (secondary N) is 1. The summed E-state index contributed by atoms with van der Waals surface area (Å²) in [5, 5.41) is 3.46. The average molecular weight is 314 g/mol. The van der Waals surface area contributed by atoms with Crippen LogP contribution in [0.2, 0.25) is 0 Å². The van der Waals surface area contributed by atoms with E-state index in [9.17, 15) is 0 Å². The quantitative estimate of drug-likeness (QED) is 0.774. The summed E-state index contributed by atoms with van der Waals surface area (Å²) in [6.45, 7) is 4.30. The molecular formula is C17H28ClNO2. The second kappa shape index (κ2) is 8.50. The topological polar surface area (TPSA) is 30.5 Å². The fraction of sp³-hybridized carbons (Fsp3) is 0.647. The van der Waals surface area contributed by atoms with E-state index in [0.717, 1.165) is 24.6 Å². The van der Waals surface area contributed by atoms with Gasteiger partial charge in [-0.1, -0.05) is 25.8 Å². The van der Waals surface area contributed by atoms with Crippen LogP contribution in [0.4, 0.5) is 0 Å². The average Bonchev–Trinajstić information content (AvgIpc) is 2.97. The molecule has 3 nitrogen and oxygen atoms in total. The molecule has 2 rings (SSSR count). The van der Waals surface area contributed by atoms with Crippen LogP contribution in [-0.4, -0.2) is 27.3 Å². The summed E-state index contributed by atoms with van der Waals surface area (Å²) in [6.07, 6.45) is 6.44. The number of ether oxygens (including phenoxy) is 2. The molecule has 0 amide bonds. The molecule has 1 aliphatic rings. The molecule has 0 unspecified atom stereocenters. The maximum absolute atomic E-state index is 5.47. The molecule has 4 heteroatoms. The fourth-order valence-corrected chi connectivity index (χ4v) is 3.41. The Kier molecular flexibility index (Phi) is 7.33. The van der Waals surface area contributed by atoms with Crippen molar-refractivity contribution >= 4 is 12.4 Å². The first-order chi connectivity index (χ1) is 9.75. The standard InChI is InChI=1S/C17H27NO2.ClH/c1-4-18-12-11-17(9-5-6-10-17)14-7-8-15(19-2)16(13-14)20-3;/h7-8,13,18H,4-6,9-12H2,1-3H3;1H. The van der Waals surface area contributed by atoms with Crippen LogP contribution in [0.15, 0.2) is 18.2 Å². The number of benzene rings is 1. The Bertz CT molecular complexity index is 431. The van der Waals surface area contributed by atoms with Gasteiger partial charge in [-0.15, -0.1) is 12.4 Å². The lowest BCUT2D eigenvalue weighted by atomic mass is 9.76. The van der Waals surface area contributed by atoms with Crippen molar-refractivity contribution in [3.8, 4) is 11.5 Å². The molecule has 1 saturated carbocycles. The molecule has 0 radical (unpaired) electrons. The van der Waals surface area contributed by atoms with E-state index in [1.54, 1.807) is 14.2 Å². The molecule has 1 aromatic carbocycles. The molecule has 120 valence electrons. The highest BCUT2D eigenvalue weighted by Gasteiger charge is 2.35. The van der Waals surface area contributed by atoms with E-state index in [-0.39, 0.29) is 12.4 Å². The Morgan fingerprint density at radius 2 is 1.76 bits per heavy atom. The normalized spacial score (nSPS) is 16.3. The summed E-state index contributed by atoms with van der Waals surface area (Å²) in [6, 6.07) is 6.44. The van der Waals surface area contributed by atoms with Crippen LogP contribution in [0, 0.1) is 0 Å². The second-order valence-electron chi connectivity index (χ2n) is 5.66. The highest BCUT2D eigenvalue weighted by atomic mass is 35.5. The van der Waals surface area contributed by atoms with Crippen LogP contribution in [0.5, 0.6) is 11.5 Å². The Morgan fingerprint density at radius 1 is 1.10 bits per heavy atom. The van der Waals surface area contributed by atoms with E-state index in [0.29, 0.717) is 5.41 Å². The van der Waals surface area contributed by atoms with Crippen molar-refractivity contribution < 1.29 is 9.47 Å². The molecule has 0 aliphatic heterocycles. The molecular weight excluding hydrogens is 286 g/mol. The number of hydrogen-bond acceptors (Lipinski definition) is 3. The molecule has 0 spiro atoms. The van der Waals surface area contributed by atoms with E-state index >= 15 is 0 Å². The predicted molar refractivity (Wildman–Crippen MR) is 90.1 cm³/mol. The lowest BCUT2D eigenvalue weighted by molar-refractivity contribution is 0.349. The highest BCUT2D eigenvalue weighted by Crippen LogP contribution is 2.45. The third kappa shape index (κ3) is 4.04. The first-order valence-corrected chi connectivity index (χ1v) is 7.69. The molecule has 1 aliphatic carbocycles. The first-order valence-electron chi connectivity index (χ1n) is 7.69. The van der Waals surface area contributed by atoms with Crippen molar-refractivity contribution in [2.24, 2.45) is 0 Å². The zero-order valence-electron chi connectivity index (χ0n) is 13.4. The van der Waals surface area contributed by atoms with Gasteiger partial charge in [0.15, 0.2) is 11.5 Å². The van der Waals surface area contributed by atoms with Crippen LogP contribution in [0.25, 0.3) is 0 Å². The molecule has 0 bridgehead atoms. The summed E-state index contributed by atoms with van der Waals surface area (Å²) >= 11 is 0. The first kappa shape index (κ1) is 18.1. The minimum Gasteiger partial charge on any atom is -0.493 e. The van der Waals surface area contributed by atoms with Gasteiger partial charge in [0.1, 0.15) is 0 Å². The maximum Gasteiger partial charge on any atom is 0.161 e.